The van der Waals surface area contributed by atoms with Crippen LogP contribution in [-0.2, 0) is 25.6 Å². The van der Waals surface area contributed by atoms with E-state index >= 15 is 0 Å². The van der Waals surface area contributed by atoms with Crippen LogP contribution in [0.5, 0.6) is 0 Å². The van der Waals surface area contributed by atoms with Gasteiger partial charge in [0.2, 0.25) is 0 Å². The first-order valence-corrected chi connectivity index (χ1v) is 12.5. The fourth-order valence-corrected chi connectivity index (χ4v) is 5.82. The number of aromatic nitrogens is 4. The van der Waals surface area contributed by atoms with E-state index in [2.05, 4.69) is 15.0 Å². The standard InChI is InChI=1S/C16H15ClN5O5PS2/c17-7-1-3-8(4-2-7)30-16-21-10-13(18)19-6-20-14(10)22(16)15-11(23)12-9(26-15)5-25-28(24,29)27-12/h1-4,6,9,11-12,15,23H,5H2,(H,24,29)(H2,18,19,20)/p-1/t9-,11-,12-,15-,28?/m1/s1. The van der Waals surface area contributed by atoms with Gasteiger partial charge in [-0.2, -0.15) is 0 Å². The highest BCUT2D eigenvalue weighted by Gasteiger charge is 2.50. The quantitative estimate of drug-likeness (QED) is 0.520. The number of ether oxygens (including phenoxy) is 1. The van der Waals surface area contributed by atoms with E-state index in [4.69, 9.17) is 42.9 Å². The van der Waals surface area contributed by atoms with Crippen molar-refractivity contribution in [2.24, 2.45) is 0 Å². The zero-order valence-electron chi connectivity index (χ0n) is 15.0. The second-order valence-electron chi connectivity index (χ2n) is 6.62. The number of hydrogen-bond acceptors (Lipinski definition) is 11. The van der Waals surface area contributed by atoms with Gasteiger partial charge in [-0.05, 0) is 24.3 Å². The molecule has 0 radical (unpaired) electrons. The van der Waals surface area contributed by atoms with Crippen molar-refractivity contribution in [2.45, 2.75) is 34.6 Å². The van der Waals surface area contributed by atoms with Crippen LogP contribution in [0.1, 0.15) is 6.23 Å². The summed E-state index contributed by atoms with van der Waals surface area (Å²) in [6.07, 6.45) is -2.38. The Morgan fingerprint density at radius 1 is 1.33 bits per heavy atom. The molecule has 1 unspecified atom stereocenters. The summed E-state index contributed by atoms with van der Waals surface area (Å²) < 4.78 is 18.0. The monoisotopic (exact) mass is 486 g/mol. The summed E-state index contributed by atoms with van der Waals surface area (Å²) in [6, 6.07) is 7.18. The molecule has 5 rings (SSSR count). The van der Waals surface area contributed by atoms with Crippen LogP contribution < -0.4 is 10.6 Å². The lowest BCUT2D eigenvalue weighted by Gasteiger charge is -2.38. The van der Waals surface area contributed by atoms with E-state index in [1.807, 2.05) is 12.1 Å². The molecule has 5 atom stereocenters. The number of nitrogens with two attached hydrogens (primary N) is 1. The third-order valence-corrected chi connectivity index (χ3v) is 7.48. The number of halogens is 1. The number of aliphatic hydroxyl groups is 1. The average molecular weight is 487 g/mol. The molecule has 0 bridgehead atoms. The summed E-state index contributed by atoms with van der Waals surface area (Å²) in [7, 11) is 0. The predicted molar refractivity (Wildman–Crippen MR) is 110 cm³/mol. The van der Waals surface area contributed by atoms with Gasteiger partial charge in [0.15, 0.2) is 28.4 Å². The number of aliphatic hydroxyl groups excluding tert-OH is 1. The molecule has 0 amide bonds. The smallest absolute Gasteiger partial charge is 0.177 e. The highest BCUT2D eigenvalue weighted by atomic mass is 35.5. The van der Waals surface area contributed by atoms with Crippen molar-refractivity contribution in [3.8, 4) is 0 Å². The minimum Gasteiger partial charge on any atom is -0.780 e. The van der Waals surface area contributed by atoms with Gasteiger partial charge in [-0.3, -0.25) is 4.57 Å². The number of nitrogen functional groups attached to an aromatic ring is 1. The van der Waals surface area contributed by atoms with Crippen LogP contribution in [0, 0.1) is 0 Å². The molecule has 2 aliphatic rings. The maximum atomic E-state index is 12.0. The van der Waals surface area contributed by atoms with E-state index in [9.17, 15) is 10.00 Å². The highest BCUT2D eigenvalue weighted by molar-refractivity contribution is 8.06. The van der Waals surface area contributed by atoms with E-state index in [0.717, 1.165) is 4.90 Å². The van der Waals surface area contributed by atoms with Crippen LogP contribution in [-0.4, -0.2) is 49.5 Å². The molecule has 3 aromatic rings. The van der Waals surface area contributed by atoms with E-state index in [-0.39, 0.29) is 12.4 Å². The van der Waals surface area contributed by atoms with Gasteiger partial charge in [0.05, 0.1) is 6.61 Å². The lowest BCUT2D eigenvalue weighted by molar-refractivity contribution is -0.227. The largest absolute Gasteiger partial charge is 0.780 e. The predicted octanol–water partition coefficient (Wildman–Crippen LogP) is 1.47. The Hall–Kier alpha value is -1.34. The van der Waals surface area contributed by atoms with E-state index in [1.54, 1.807) is 16.7 Å². The number of hydrogen-bond donors (Lipinski definition) is 2. The number of fused-ring (bicyclic) bond motifs is 2. The first kappa shape index (κ1) is 20.6. The van der Waals surface area contributed by atoms with Gasteiger partial charge in [0.25, 0.3) is 0 Å². The van der Waals surface area contributed by atoms with Gasteiger partial charge in [-0.1, -0.05) is 35.2 Å². The first-order chi connectivity index (χ1) is 14.3. The summed E-state index contributed by atoms with van der Waals surface area (Å²) in [5.74, 6) is 0.191. The minimum absolute atomic E-state index is 0.0532. The normalized spacial score (nSPS) is 31.2. The van der Waals surface area contributed by atoms with Crippen LogP contribution in [0.25, 0.3) is 11.2 Å². The fraction of sp³-hybridized carbons (Fsp3) is 0.312. The average Bonchev–Trinajstić information content (AvgIpc) is 3.21. The molecule has 14 heteroatoms. The molecule has 30 heavy (non-hydrogen) atoms. The molecule has 1 aromatic carbocycles. The zero-order valence-corrected chi connectivity index (χ0v) is 18.3. The maximum absolute atomic E-state index is 12.0. The molecule has 10 nitrogen and oxygen atoms in total. The molecular weight excluding hydrogens is 473 g/mol. The first-order valence-electron chi connectivity index (χ1n) is 8.72. The summed E-state index contributed by atoms with van der Waals surface area (Å²) in [5, 5.41) is 12.0. The van der Waals surface area contributed by atoms with Crippen molar-refractivity contribution in [1.82, 2.24) is 19.5 Å². The zero-order chi connectivity index (χ0) is 21.0. The number of rotatable bonds is 3. The van der Waals surface area contributed by atoms with Gasteiger partial charge in [0, 0.05) is 9.92 Å². The maximum Gasteiger partial charge on any atom is 0.177 e. The van der Waals surface area contributed by atoms with Crippen LogP contribution in [0.2, 0.25) is 5.02 Å². The SMILES string of the molecule is Nc1ncnc2c1nc(Sc1ccc(Cl)cc1)n2[C@@H]1O[C@@H]2COP([O-])(=S)O[C@H]2[C@H]1O. The number of nitrogens with zero attached hydrogens (tertiary/aromatic N) is 4. The molecule has 2 aromatic heterocycles. The van der Waals surface area contributed by atoms with Crippen molar-refractivity contribution in [1.29, 1.82) is 0 Å². The van der Waals surface area contributed by atoms with E-state index < -0.39 is 31.3 Å². The highest BCUT2D eigenvalue weighted by Crippen LogP contribution is 2.50. The number of benzene rings is 1. The molecule has 0 saturated carbocycles. The van der Waals surface area contributed by atoms with E-state index in [1.165, 1.54) is 18.1 Å². The minimum atomic E-state index is -3.67. The molecule has 2 aliphatic heterocycles. The number of anilines is 1. The summed E-state index contributed by atoms with van der Waals surface area (Å²) in [6.45, 7) is -3.72. The molecular formula is C16H14ClN5O5PS2-. The van der Waals surface area contributed by atoms with Crippen molar-refractivity contribution in [2.75, 3.05) is 12.3 Å². The molecule has 4 heterocycles. The van der Waals surface area contributed by atoms with Gasteiger partial charge >= 0.3 is 0 Å². The Balaban J connectivity index is 1.58. The molecule has 2 fully saturated rings. The van der Waals surface area contributed by atoms with Crippen molar-refractivity contribution < 1.29 is 23.8 Å². The molecule has 158 valence electrons. The van der Waals surface area contributed by atoms with Crippen LogP contribution >= 0.6 is 30.1 Å². The second kappa shape index (κ2) is 7.66. The van der Waals surface area contributed by atoms with Gasteiger partial charge in [-0.25, -0.2) is 15.0 Å². The Bertz CT molecular complexity index is 1160. The summed E-state index contributed by atoms with van der Waals surface area (Å²) in [5.41, 5.74) is 6.73. The van der Waals surface area contributed by atoms with Gasteiger partial charge < -0.3 is 29.5 Å². The fourth-order valence-electron chi connectivity index (χ4n) is 3.36. The van der Waals surface area contributed by atoms with Crippen molar-refractivity contribution >= 4 is 58.9 Å². The Kier molecular flexibility index (Phi) is 5.25. The molecule has 0 aliphatic carbocycles. The van der Waals surface area contributed by atoms with Crippen molar-refractivity contribution in [3.05, 3.63) is 35.6 Å². The van der Waals surface area contributed by atoms with Crippen LogP contribution in [0.3, 0.4) is 0 Å². The molecule has 3 N–H and O–H groups in total. The second-order valence-corrected chi connectivity index (χ2v) is 10.8. The Labute approximate surface area is 184 Å². The summed E-state index contributed by atoms with van der Waals surface area (Å²) in [4.78, 5) is 25.7. The third-order valence-electron chi connectivity index (χ3n) is 4.71. The van der Waals surface area contributed by atoms with Crippen LogP contribution in [0.15, 0.2) is 40.6 Å². The topological polar surface area (TPSA) is 141 Å². The van der Waals surface area contributed by atoms with E-state index in [0.29, 0.717) is 21.3 Å². The van der Waals surface area contributed by atoms with Crippen LogP contribution in [0.4, 0.5) is 5.82 Å². The molecule has 0 spiro atoms. The lowest BCUT2D eigenvalue weighted by Crippen LogP contribution is -2.41. The Morgan fingerprint density at radius 2 is 2.10 bits per heavy atom. The Morgan fingerprint density at radius 3 is 2.87 bits per heavy atom. The molecule has 2 saturated heterocycles. The lowest BCUT2D eigenvalue weighted by atomic mass is 10.1. The van der Waals surface area contributed by atoms with Gasteiger partial charge in [0.1, 0.15) is 31.4 Å². The van der Waals surface area contributed by atoms with Crippen molar-refractivity contribution in [3.63, 3.8) is 0 Å². The van der Waals surface area contributed by atoms with Gasteiger partial charge in [-0.15, -0.1) is 0 Å². The third kappa shape index (κ3) is 3.62. The summed E-state index contributed by atoms with van der Waals surface area (Å²) >= 11 is 12.1. The number of imidazole rings is 1.